The summed E-state index contributed by atoms with van der Waals surface area (Å²) in [5.41, 5.74) is 1.39. The molecule has 1 heterocycles. The van der Waals surface area contributed by atoms with E-state index in [0.717, 1.165) is 31.8 Å². The molecule has 0 unspecified atom stereocenters. The standard InChI is InChI=1S/C20H32N2O2/c1-15(19(23)22-12-11-16(14-22)13-21(5)6)24-18-9-7-17(8-10-18)20(2,3)4/h7-10,15-16H,11-14H2,1-6H3/t15-,16-/m0/s1. The van der Waals surface area contributed by atoms with E-state index in [1.807, 2.05) is 24.0 Å². The van der Waals surface area contributed by atoms with Crippen molar-refractivity contribution in [1.29, 1.82) is 0 Å². The van der Waals surface area contributed by atoms with Crippen LogP contribution < -0.4 is 4.74 Å². The Labute approximate surface area is 146 Å². The maximum absolute atomic E-state index is 12.6. The molecule has 134 valence electrons. The van der Waals surface area contributed by atoms with E-state index in [0.29, 0.717) is 5.92 Å². The average Bonchev–Trinajstić information content (AvgIpc) is 2.93. The van der Waals surface area contributed by atoms with Crippen molar-refractivity contribution in [3.8, 4) is 5.75 Å². The molecule has 0 saturated carbocycles. The lowest BCUT2D eigenvalue weighted by Crippen LogP contribution is -2.39. The first kappa shape index (κ1) is 18.8. The van der Waals surface area contributed by atoms with Gasteiger partial charge in [-0.05, 0) is 56.5 Å². The third-order valence-electron chi connectivity index (χ3n) is 4.60. The Hall–Kier alpha value is -1.55. The molecule has 1 saturated heterocycles. The Bertz CT molecular complexity index is 546. The molecule has 0 aliphatic carbocycles. The molecular formula is C20H32N2O2. The minimum absolute atomic E-state index is 0.0937. The molecule has 0 bridgehead atoms. The van der Waals surface area contributed by atoms with E-state index < -0.39 is 6.10 Å². The monoisotopic (exact) mass is 332 g/mol. The quantitative estimate of drug-likeness (QED) is 0.830. The van der Waals surface area contributed by atoms with E-state index in [1.165, 1.54) is 5.56 Å². The maximum Gasteiger partial charge on any atom is 0.263 e. The third kappa shape index (κ3) is 4.97. The van der Waals surface area contributed by atoms with Gasteiger partial charge in [-0.25, -0.2) is 0 Å². The predicted molar refractivity (Wildman–Crippen MR) is 98.5 cm³/mol. The number of nitrogens with zero attached hydrogens (tertiary/aromatic N) is 2. The van der Waals surface area contributed by atoms with Crippen LogP contribution in [-0.4, -0.2) is 55.5 Å². The van der Waals surface area contributed by atoms with Crippen molar-refractivity contribution < 1.29 is 9.53 Å². The number of carbonyl (C=O) groups excluding carboxylic acids is 1. The Morgan fingerprint density at radius 3 is 2.46 bits per heavy atom. The van der Waals surface area contributed by atoms with Crippen molar-refractivity contribution in [2.45, 2.75) is 45.6 Å². The fourth-order valence-corrected chi connectivity index (χ4v) is 3.24. The molecule has 4 heteroatoms. The summed E-state index contributed by atoms with van der Waals surface area (Å²) in [4.78, 5) is 16.7. The Balaban J connectivity index is 1.90. The zero-order valence-corrected chi connectivity index (χ0v) is 16.0. The van der Waals surface area contributed by atoms with Gasteiger partial charge in [0.15, 0.2) is 6.10 Å². The molecule has 0 aromatic heterocycles. The van der Waals surface area contributed by atoms with Gasteiger partial charge in [-0.1, -0.05) is 32.9 Å². The van der Waals surface area contributed by atoms with E-state index in [4.69, 9.17) is 4.74 Å². The van der Waals surface area contributed by atoms with Crippen LogP contribution in [0.5, 0.6) is 5.75 Å². The van der Waals surface area contributed by atoms with Crippen LogP contribution in [0.2, 0.25) is 0 Å². The molecule has 1 aromatic rings. The summed E-state index contributed by atoms with van der Waals surface area (Å²) in [5.74, 6) is 1.42. The second kappa shape index (κ2) is 7.56. The fourth-order valence-electron chi connectivity index (χ4n) is 3.24. The van der Waals surface area contributed by atoms with Crippen molar-refractivity contribution in [3.63, 3.8) is 0 Å². The number of hydrogen-bond acceptors (Lipinski definition) is 3. The van der Waals surface area contributed by atoms with Crippen LogP contribution >= 0.6 is 0 Å². The number of hydrogen-bond donors (Lipinski definition) is 0. The van der Waals surface area contributed by atoms with Gasteiger partial charge < -0.3 is 14.5 Å². The van der Waals surface area contributed by atoms with E-state index in [-0.39, 0.29) is 11.3 Å². The number of rotatable bonds is 5. The third-order valence-corrected chi connectivity index (χ3v) is 4.60. The van der Waals surface area contributed by atoms with Crippen LogP contribution in [0.15, 0.2) is 24.3 Å². The van der Waals surface area contributed by atoms with Crippen molar-refractivity contribution in [2.75, 3.05) is 33.7 Å². The second-order valence-electron chi connectivity index (χ2n) is 8.24. The first-order valence-corrected chi connectivity index (χ1v) is 8.87. The number of likely N-dealkylation sites (tertiary alicyclic amines) is 1. The summed E-state index contributed by atoms with van der Waals surface area (Å²) in [6.07, 6.45) is 0.639. The second-order valence-corrected chi connectivity index (χ2v) is 8.24. The van der Waals surface area contributed by atoms with Gasteiger partial charge in [0.25, 0.3) is 5.91 Å². The highest BCUT2D eigenvalue weighted by atomic mass is 16.5. The molecule has 1 fully saturated rings. The molecule has 24 heavy (non-hydrogen) atoms. The molecule has 1 amide bonds. The van der Waals surface area contributed by atoms with Crippen molar-refractivity contribution in [3.05, 3.63) is 29.8 Å². The van der Waals surface area contributed by atoms with E-state index >= 15 is 0 Å². The van der Waals surface area contributed by atoms with Crippen LogP contribution in [-0.2, 0) is 10.2 Å². The molecule has 4 nitrogen and oxygen atoms in total. The van der Waals surface area contributed by atoms with Crippen molar-refractivity contribution >= 4 is 5.91 Å². The predicted octanol–water partition coefficient (Wildman–Crippen LogP) is 3.16. The maximum atomic E-state index is 12.6. The van der Waals surface area contributed by atoms with E-state index in [1.54, 1.807) is 0 Å². The van der Waals surface area contributed by atoms with E-state index in [9.17, 15) is 4.79 Å². The lowest BCUT2D eigenvalue weighted by atomic mass is 9.87. The summed E-state index contributed by atoms with van der Waals surface area (Å²) in [6.45, 7) is 11.1. The Kier molecular flexibility index (Phi) is 5.92. The number of amides is 1. The van der Waals surface area contributed by atoms with Crippen LogP contribution in [0.1, 0.15) is 39.7 Å². The molecule has 0 radical (unpaired) electrons. The summed E-state index contributed by atoms with van der Waals surface area (Å²) in [7, 11) is 4.16. The largest absolute Gasteiger partial charge is 0.481 e. The lowest BCUT2D eigenvalue weighted by Gasteiger charge is -2.23. The number of benzene rings is 1. The smallest absolute Gasteiger partial charge is 0.263 e. The lowest BCUT2D eigenvalue weighted by molar-refractivity contribution is -0.137. The topological polar surface area (TPSA) is 32.8 Å². The van der Waals surface area contributed by atoms with Gasteiger partial charge in [-0.15, -0.1) is 0 Å². The zero-order valence-electron chi connectivity index (χ0n) is 16.0. The van der Waals surface area contributed by atoms with Gasteiger partial charge in [0, 0.05) is 19.6 Å². The zero-order chi connectivity index (χ0) is 17.9. The molecule has 1 aliphatic heterocycles. The van der Waals surface area contributed by atoms with Gasteiger partial charge in [0.05, 0.1) is 0 Å². The molecule has 0 spiro atoms. The highest BCUT2D eigenvalue weighted by molar-refractivity contribution is 5.81. The van der Waals surface area contributed by atoms with Gasteiger partial charge >= 0.3 is 0 Å². The van der Waals surface area contributed by atoms with Crippen LogP contribution in [0, 0.1) is 5.92 Å². The minimum Gasteiger partial charge on any atom is -0.481 e. The molecule has 2 rings (SSSR count). The summed E-state index contributed by atoms with van der Waals surface area (Å²) in [5, 5.41) is 0. The summed E-state index contributed by atoms with van der Waals surface area (Å²) >= 11 is 0. The van der Waals surface area contributed by atoms with Gasteiger partial charge in [-0.3, -0.25) is 4.79 Å². The molecule has 1 aromatic carbocycles. The minimum atomic E-state index is -0.441. The Morgan fingerprint density at radius 2 is 1.92 bits per heavy atom. The molecule has 0 N–H and O–H groups in total. The van der Waals surface area contributed by atoms with Gasteiger partial charge in [-0.2, -0.15) is 0 Å². The van der Waals surface area contributed by atoms with Crippen LogP contribution in [0.25, 0.3) is 0 Å². The van der Waals surface area contributed by atoms with E-state index in [2.05, 4.69) is 51.9 Å². The highest BCUT2D eigenvalue weighted by Gasteiger charge is 2.30. The number of ether oxygens (including phenoxy) is 1. The normalized spacial score (nSPS) is 19.6. The molecule has 1 aliphatic rings. The van der Waals surface area contributed by atoms with Gasteiger partial charge in [0.2, 0.25) is 0 Å². The first-order valence-electron chi connectivity index (χ1n) is 8.87. The van der Waals surface area contributed by atoms with Gasteiger partial charge in [0.1, 0.15) is 5.75 Å². The highest BCUT2D eigenvalue weighted by Crippen LogP contribution is 2.25. The molecular weight excluding hydrogens is 300 g/mol. The first-order chi connectivity index (χ1) is 11.2. The SMILES string of the molecule is C[C@H](Oc1ccc(C(C)(C)C)cc1)C(=O)N1CC[C@@H](CN(C)C)C1. The Morgan fingerprint density at radius 1 is 1.29 bits per heavy atom. The number of carbonyl (C=O) groups is 1. The van der Waals surface area contributed by atoms with Crippen molar-refractivity contribution in [1.82, 2.24) is 9.80 Å². The molecule has 2 atom stereocenters. The summed E-state index contributed by atoms with van der Waals surface area (Å²) in [6, 6.07) is 8.08. The van der Waals surface area contributed by atoms with Crippen LogP contribution in [0.3, 0.4) is 0 Å². The fraction of sp³-hybridized carbons (Fsp3) is 0.650. The van der Waals surface area contributed by atoms with Crippen molar-refractivity contribution in [2.24, 2.45) is 5.92 Å². The van der Waals surface area contributed by atoms with Crippen LogP contribution in [0.4, 0.5) is 0 Å². The average molecular weight is 332 g/mol. The summed E-state index contributed by atoms with van der Waals surface area (Å²) < 4.78 is 5.87.